The van der Waals surface area contributed by atoms with E-state index in [0.29, 0.717) is 6.42 Å². The van der Waals surface area contributed by atoms with Crippen LogP contribution in [-0.2, 0) is 0 Å². The normalized spacial score (nSPS) is 12.4. The zero-order chi connectivity index (χ0) is 12.1. The van der Waals surface area contributed by atoms with Gasteiger partial charge in [0.15, 0.2) is 0 Å². The maximum Gasteiger partial charge on any atom is 0.0790 e. The van der Waals surface area contributed by atoms with Gasteiger partial charge in [0.05, 0.1) is 6.10 Å². The van der Waals surface area contributed by atoms with E-state index in [4.69, 9.17) is 0 Å². The molecule has 1 unspecified atom stereocenters. The Bertz CT molecular complexity index is 462. The molecule has 1 nitrogen and oxygen atoms in total. The lowest BCUT2D eigenvalue weighted by Gasteiger charge is -2.11. The Hall–Kier alpha value is -1.60. The fourth-order valence-electron chi connectivity index (χ4n) is 1.92. The number of aliphatic hydroxyl groups excluding tert-OH is 1. The Labute approximate surface area is 103 Å². The van der Waals surface area contributed by atoms with E-state index in [2.05, 4.69) is 31.2 Å². The minimum absolute atomic E-state index is 0.406. The maximum atomic E-state index is 9.95. The second-order valence-electron chi connectivity index (χ2n) is 4.15. The van der Waals surface area contributed by atoms with Gasteiger partial charge in [0.2, 0.25) is 0 Å². The molecule has 0 aromatic heterocycles. The van der Waals surface area contributed by atoms with Crippen LogP contribution in [0, 0.1) is 6.92 Å². The van der Waals surface area contributed by atoms with Crippen LogP contribution in [0.2, 0.25) is 0 Å². The van der Waals surface area contributed by atoms with Crippen LogP contribution in [0.4, 0.5) is 0 Å². The molecule has 0 heterocycles. The third-order valence-electron chi connectivity index (χ3n) is 2.86. The lowest BCUT2D eigenvalue weighted by Crippen LogP contribution is -1.96. The summed E-state index contributed by atoms with van der Waals surface area (Å²) >= 11 is 0. The van der Waals surface area contributed by atoms with Gasteiger partial charge in [0.1, 0.15) is 0 Å². The molecular weight excluding hydrogens is 208 g/mol. The fraction of sp³-hybridized carbons (Fsp3) is 0.188. The lowest BCUT2D eigenvalue weighted by atomic mass is 9.99. The lowest BCUT2D eigenvalue weighted by molar-refractivity contribution is 0.168. The average molecular weight is 225 g/mol. The third kappa shape index (κ3) is 2.95. The molecule has 2 aromatic carbocycles. The molecule has 0 saturated carbocycles. The van der Waals surface area contributed by atoms with Gasteiger partial charge >= 0.3 is 0 Å². The highest BCUT2D eigenvalue weighted by Gasteiger charge is 2.07. The van der Waals surface area contributed by atoms with Gasteiger partial charge in [-0.15, -0.1) is 0 Å². The van der Waals surface area contributed by atoms with Crippen LogP contribution < -0.4 is 0 Å². The van der Waals surface area contributed by atoms with E-state index >= 15 is 0 Å². The molecule has 1 atom stereocenters. The van der Waals surface area contributed by atoms with Gasteiger partial charge in [-0.05, 0) is 29.2 Å². The van der Waals surface area contributed by atoms with Gasteiger partial charge in [-0.25, -0.2) is 0 Å². The van der Waals surface area contributed by atoms with Crippen LogP contribution in [0.5, 0.6) is 0 Å². The Balaban J connectivity index is 2.29. The predicted molar refractivity (Wildman–Crippen MR) is 71.4 cm³/mol. The van der Waals surface area contributed by atoms with E-state index in [1.807, 2.05) is 30.3 Å². The van der Waals surface area contributed by atoms with Crippen molar-refractivity contribution in [3.05, 3.63) is 67.1 Å². The molecule has 0 aliphatic heterocycles. The van der Waals surface area contributed by atoms with Crippen LogP contribution in [0.1, 0.15) is 24.5 Å². The van der Waals surface area contributed by atoms with Crippen molar-refractivity contribution in [3.63, 3.8) is 0 Å². The van der Waals surface area contributed by atoms with Crippen molar-refractivity contribution in [1.29, 1.82) is 0 Å². The summed E-state index contributed by atoms with van der Waals surface area (Å²) in [6.45, 7) is 3.77. The smallest absolute Gasteiger partial charge is 0.0790 e. The number of aliphatic hydroxyl groups is 1. The van der Waals surface area contributed by atoms with E-state index in [0.717, 1.165) is 17.5 Å². The topological polar surface area (TPSA) is 20.2 Å². The summed E-state index contributed by atoms with van der Waals surface area (Å²) in [6.07, 6.45) is 1.05. The summed E-state index contributed by atoms with van der Waals surface area (Å²) in [7, 11) is 0. The van der Waals surface area contributed by atoms with Gasteiger partial charge in [-0.2, -0.15) is 0 Å². The monoisotopic (exact) mass is 225 g/mol. The van der Waals surface area contributed by atoms with Crippen molar-refractivity contribution < 1.29 is 5.11 Å². The molecule has 0 fully saturated rings. The molecule has 2 aromatic rings. The van der Waals surface area contributed by atoms with Crippen molar-refractivity contribution in [2.75, 3.05) is 0 Å². The molecule has 0 spiro atoms. The van der Waals surface area contributed by atoms with Crippen molar-refractivity contribution in [1.82, 2.24) is 0 Å². The molecule has 0 saturated heterocycles. The standard InChI is InChI=1S/C16H17O/c1-2-7-16(17)15-11-6-10-14(12-15)13-8-4-3-5-9-13/h3-6,8-12,16-17H,1-2,7H2. The van der Waals surface area contributed by atoms with Crippen LogP contribution in [0.25, 0.3) is 11.1 Å². The van der Waals surface area contributed by atoms with E-state index in [-0.39, 0.29) is 0 Å². The van der Waals surface area contributed by atoms with Crippen molar-refractivity contribution >= 4 is 0 Å². The van der Waals surface area contributed by atoms with Gasteiger partial charge in [0.25, 0.3) is 0 Å². The highest BCUT2D eigenvalue weighted by atomic mass is 16.3. The first kappa shape index (κ1) is 11.9. The molecule has 0 bridgehead atoms. The highest BCUT2D eigenvalue weighted by molar-refractivity contribution is 5.64. The summed E-state index contributed by atoms with van der Waals surface area (Å²) in [5.74, 6) is 0. The van der Waals surface area contributed by atoms with E-state index in [9.17, 15) is 5.11 Å². The Kier molecular flexibility index (Phi) is 3.94. The molecule has 0 amide bonds. The zero-order valence-corrected chi connectivity index (χ0v) is 9.84. The summed E-state index contributed by atoms with van der Waals surface area (Å²) in [5.41, 5.74) is 3.29. The molecule has 1 heteroatoms. The second-order valence-corrected chi connectivity index (χ2v) is 4.15. The number of hydrogen-bond acceptors (Lipinski definition) is 1. The van der Waals surface area contributed by atoms with Crippen LogP contribution in [0.15, 0.2) is 54.6 Å². The minimum atomic E-state index is -0.406. The molecule has 1 N–H and O–H groups in total. The highest BCUT2D eigenvalue weighted by Crippen LogP contribution is 2.24. The molecule has 87 valence electrons. The first-order chi connectivity index (χ1) is 8.31. The van der Waals surface area contributed by atoms with E-state index < -0.39 is 6.10 Å². The Morgan fingerprint density at radius 2 is 1.65 bits per heavy atom. The van der Waals surface area contributed by atoms with Crippen LogP contribution in [0.3, 0.4) is 0 Å². The van der Waals surface area contributed by atoms with Crippen molar-refractivity contribution in [3.8, 4) is 11.1 Å². The quantitative estimate of drug-likeness (QED) is 0.833. The first-order valence-electron chi connectivity index (χ1n) is 5.94. The van der Waals surface area contributed by atoms with E-state index in [1.165, 1.54) is 5.56 Å². The van der Waals surface area contributed by atoms with Crippen LogP contribution in [-0.4, -0.2) is 5.11 Å². The number of hydrogen-bond donors (Lipinski definition) is 1. The Morgan fingerprint density at radius 1 is 0.941 bits per heavy atom. The van der Waals surface area contributed by atoms with Gasteiger partial charge in [-0.1, -0.05) is 61.9 Å². The van der Waals surface area contributed by atoms with E-state index in [1.54, 1.807) is 0 Å². The number of rotatable bonds is 4. The second kappa shape index (κ2) is 5.65. The fourth-order valence-corrected chi connectivity index (χ4v) is 1.92. The van der Waals surface area contributed by atoms with Crippen molar-refractivity contribution in [2.45, 2.75) is 18.9 Å². The molecule has 17 heavy (non-hydrogen) atoms. The third-order valence-corrected chi connectivity index (χ3v) is 2.86. The molecule has 0 aliphatic rings. The SMILES string of the molecule is [CH2]CCC(O)c1cccc(-c2ccccc2)c1. The molecule has 1 radical (unpaired) electrons. The largest absolute Gasteiger partial charge is 0.388 e. The number of benzene rings is 2. The minimum Gasteiger partial charge on any atom is -0.388 e. The summed E-state index contributed by atoms with van der Waals surface area (Å²) in [6, 6.07) is 18.3. The Morgan fingerprint density at radius 3 is 2.35 bits per heavy atom. The molecule has 2 rings (SSSR count). The van der Waals surface area contributed by atoms with Gasteiger partial charge in [0, 0.05) is 0 Å². The first-order valence-corrected chi connectivity index (χ1v) is 5.94. The summed E-state index contributed by atoms with van der Waals surface area (Å²) in [5, 5.41) is 9.95. The van der Waals surface area contributed by atoms with Gasteiger partial charge in [-0.3, -0.25) is 0 Å². The average Bonchev–Trinajstić information content (AvgIpc) is 2.40. The summed E-state index contributed by atoms with van der Waals surface area (Å²) < 4.78 is 0. The molecule has 0 aliphatic carbocycles. The maximum absolute atomic E-state index is 9.95. The summed E-state index contributed by atoms with van der Waals surface area (Å²) in [4.78, 5) is 0. The zero-order valence-electron chi connectivity index (χ0n) is 9.84. The predicted octanol–water partition coefficient (Wildman–Crippen LogP) is 4.00. The van der Waals surface area contributed by atoms with Crippen molar-refractivity contribution in [2.24, 2.45) is 0 Å². The van der Waals surface area contributed by atoms with Gasteiger partial charge < -0.3 is 5.11 Å². The molecular formula is C16H17O. The van der Waals surface area contributed by atoms with Crippen LogP contribution >= 0.6 is 0 Å².